The van der Waals surface area contributed by atoms with Gasteiger partial charge >= 0.3 is 0 Å². The van der Waals surface area contributed by atoms with Gasteiger partial charge in [-0.15, -0.1) is 0 Å². The van der Waals surface area contributed by atoms with Crippen LogP contribution in [0.15, 0.2) is 60.8 Å². The predicted octanol–water partition coefficient (Wildman–Crippen LogP) is 4.24. The van der Waals surface area contributed by atoms with Crippen molar-refractivity contribution in [3.8, 4) is 11.4 Å². The van der Waals surface area contributed by atoms with Crippen molar-refractivity contribution in [1.82, 2.24) is 9.78 Å². The van der Waals surface area contributed by atoms with Gasteiger partial charge < -0.3 is 4.74 Å². The summed E-state index contributed by atoms with van der Waals surface area (Å²) in [6.07, 6.45) is 1.48. The molecule has 0 bridgehead atoms. The molecule has 0 atom stereocenters. The second-order valence-electron chi connectivity index (χ2n) is 4.44. The molecule has 0 N–H and O–H groups in total. The molecule has 0 aliphatic rings. The predicted molar refractivity (Wildman–Crippen MR) is 79.3 cm³/mol. The molecule has 1 aromatic heterocycles. The van der Waals surface area contributed by atoms with Crippen molar-refractivity contribution in [2.75, 3.05) is 0 Å². The number of nitrogens with zero attached hydrogens (tertiary/aromatic N) is 2. The number of para-hydroxylation sites is 1. The molecule has 1 heterocycles. The second-order valence-corrected chi connectivity index (χ2v) is 4.80. The van der Waals surface area contributed by atoms with Gasteiger partial charge in [-0.3, -0.25) is 0 Å². The molecule has 0 spiro atoms. The minimum absolute atomic E-state index is 0.246. The molecule has 0 aliphatic carbocycles. The van der Waals surface area contributed by atoms with Crippen LogP contribution in [-0.2, 0) is 6.61 Å². The third-order valence-electron chi connectivity index (χ3n) is 3.00. The van der Waals surface area contributed by atoms with Crippen molar-refractivity contribution in [2.24, 2.45) is 0 Å². The van der Waals surface area contributed by atoms with Crippen LogP contribution in [0.25, 0.3) is 5.69 Å². The van der Waals surface area contributed by atoms with Gasteiger partial charge in [-0.05, 0) is 17.7 Å². The number of benzene rings is 2. The first-order valence-corrected chi connectivity index (χ1v) is 6.78. The smallest absolute Gasteiger partial charge is 0.177 e. The van der Waals surface area contributed by atoms with E-state index in [4.69, 9.17) is 16.3 Å². The fraction of sp³-hybridized carbons (Fsp3) is 0.0625. The van der Waals surface area contributed by atoms with Gasteiger partial charge in [0.05, 0.1) is 6.20 Å². The van der Waals surface area contributed by atoms with Gasteiger partial charge in [0.1, 0.15) is 18.1 Å². The summed E-state index contributed by atoms with van der Waals surface area (Å²) in [6, 6.07) is 16.0. The van der Waals surface area contributed by atoms with E-state index in [9.17, 15) is 4.39 Å². The van der Waals surface area contributed by atoms with Crippen molar-refractivity contribution in [2.45, 2.75) is 6.61 Å². The van der Waals surface area contributed by atoms with E-state index in [1.165, 1.54) is 16.9 Å². The second kappa shape index (κ2) is 5.97. The van der Waals surface area contributed by atoms with Crippen molar-refractivity contribution >= 4 is 11.6 Å². The first kappa shape index (κ1) is 13.6. The van der Waals surface area contributed by atoms with E-state index in [0.29, 0.717) is 12.4 Å². The van der Waals surface area contributed by atoms with E-state index in [0.717, 1.165) is 5.56 Å². The van der Waals surface area contributed by atoms with Gasteiger partial charge in [0.25, 0.3) is 0 Å². The highest BCUT2D eigenvalue weighted by molar-refractivity contribution is 6.31. The van der Waals surface area contributed by atoms with Crippen LogP contribution in [0.1, 0.15) is 5.56 Å². The van der Waals surface area contributed by atoms with Gasteiger partial charge in [0.2, 0.25) is 0 Å². The lowest BCUT2D eigenvalue weighted by Gasteiger charge is -2.06. The van der Waals surface area contributed by atoms with Crippen LogP contribution in [0.2, 0.25) is 5.15 Å². The molecule has 2 aromatic carbocycles. The maximum absolute atomic E-state index is 13.8. The molecule has 0 fully saturated rings. The van der Waals surface area contributed by atoms with Gasteiger partial charge in [-0.1, -0.05) is 54.1 Å². The highest BCUT2D eigenvalue weighted by Gasteiger charge is 2.14. The minimum Gasteiger partial charge on any atom is -0.484 e. The van der Waals surface area contributed by atoms with E-state index in [2.05, 4.69) is 5.10 Å². The first-order valence-electron chi connectivity index (χ1n) is 6.41. The van der Waals surface area contributed by atoms with E-state index in [1.54, 1.807) is 18.2 Å². The zero-order valence-electron chi connectivity index (χ0n) is 11.0. The van der Waals surface area contributed by atoms with Crippen LogP contribution in [0.3, 0.4) is 0 Å². The summed E-state index contributed by atoms with van der Waals surface area (Å²) in [5.74, 6) is 0.0286. The molecule has 0 unspecified atom stereocenters. The zero-order chi connectivity index (χ0) is 14.7. The van der Waals surface area contributed by atoms with Crippen molar-refractivity contribution in [3.63, 3.8) is 0 Å². The lowest BCUT2D eigenvalue weighted by Crippen LogP contribution is -2.00. The molecule has 0 saturated carbocycles. The maximum atomic E-state index is 13.8. The monoisotopic (exact) mass is 302 g/mol. The Hall–Kier alpha value is -2.33. The average Bonchev–Trinajstić information content (AvgIpc) is 2.88. The number of aromatic nitrogens is 2. The van der Waals surface area contributed by atoms with Gasteiger partial charge in [-0.2, -0.15) is 5.10 Å². The van der Waals surface area contributed by atoms with Crippen molar-refractivity contribution in [1.29, 1.82) is 0 Å². The van der Waals surface area contributed by atoms with E-state index >= 15 is 0 Å². The lowest BCUT2D eigenvalue weighted by atomic mass is 10.2. The van der Waals surface area contributed by atoms with E-state index in [-0.39, 0.29) is 10.8 Å². The summed E-state index contributed by atoms with van der Waals surface area (Å²) < 4.78 is 20.7. The molecule has 21 heavy (non-hydrogen) atoms. The number of halogens is 2. The topological polar surface area (TPSA) is 27.1 Å². The van der Waals surface area contributed by atoms with Gasteiger partial charge in [-0.25, -0.2) is 9.07 Å². The fourth-order valence-electron chi connectivity index (χ4n) is 1.94. The lowest BCUT2D eigenvalue weighted by molar-refractivity contribution is 0.306. The molecule has 3 aromatic rings. The SMILES string of the molecule is Fc1ccccc1-n1ncc(OCc2ccccc2)c1Cl. The molecule has 0 saturated heterocycles. The van der Waals surface area contributed by atoms with E-state index < -0.39 is 5.82 Å². The Morgan fingerprint density at radius 1 is 1.05 bits per heavy atom. The summed E-state index contributed by atoms with van der Waals surface area (Å²) in [6.45, 7) is 0.378. The third-order valence-corrected chi connectivity index (χ3v) is 3.34. The Morgan fingerprint density at radius 3 is 2.52 bits per heavy atom. The molecule has 106 valence electrons. The van der Waals surface area contributed by atoms with Crippen molar-refractivity contribution in [3.05, 3.63) is 77.3 Å². The summed E-state index contributed by atoms with van der Waals surface area (Å²) in [5.41, 5.74) is 1.31. The van der Waals surface area contributed by atoms with E-state index in [1.807, 2.05) is 30.3 Å². The highest BCUT2D eigenvalue weighted by Crippen LogP contribution is 2.28. The Bertz CT molecular complexity index is 743. The summed E-state index contributed by atoms with van der Waals surface area (Å²) in [7, 11) is 0. The van der Waals surface area contributed by atoms with Crippen LogP contribution in [0.4, 0.5) is 4.39 Å². The maximum Gasteiger partial charge on any atom is 0.177 e. The number of hydrogen-bond acceptors (Lipinski definition) is 2. The third kappa shape index (κ3) is 2.90. The zero-order valence-corrected chi connectivity index (χ0v) is 11.8. The Morgan fingerprint density at radius 2 is 1.76 bits per heavy atom. The number of hydrogen-bond donors (Lipinski definition) is 0. The summed E-state index contributed by atoms with van der Waals surface area (Å²) >= 11 is 6.21. The number of rotatable bonds is 4. The summed E-state index contributed by atoms with van der Waals surface area (Å²) in [4.78, 5) is 0. The normalized spacial score (nSPS) is 10.6. The van der Waals surface area contributed by atoms with Crippen LogP contribution in [-0.4, -0.2) is 9.78 Å². The van der Waals surface area contributed by atoms with Crippen LogP contribution in [0.5, 0.6) is 5.75 Å². The molecular formula is C16H12ClFN2O. The van der Waals surface area contributed by atoms with Crippen LogP contribution >= 0.6 is 11.6 Å². The Kier molecular flexibility index (Phi) is 3.88. The molecule has 3 rings (SSSR count). The Labute approximate surface area is 126 Å². The molecule has 0 aliphatic heterocycles. The molecule has 3 nitrogen and oxygen atoms in total. The molecule has 0 amide bonds. The van der Waals surface area contributed by atoms with Gasteiger partial charge in [0, 0.05) is 0 Å². The molecular weight excluding hydrogens is 291 g/mol. The molecule has 0 radical (unpaired) electrons. The Balaban J connectivity index is 1.82. The molecule has 5 heteroatoms. The minimum atomic E-state index is -0.392. The average molecular weight is 303 g/mol. The summed E-state index contributed by atoms with van der Waals surface area (Å²) in [5, 5.41) is 4.33. The first-order chi connectivity index (χ1) is 10.3. The largest absolute Gasteiger partial charge is 0.484 e. The quantitative estimate of drug-likeness (QED) is 0.720. The van der Waals surface area contributed by atoms with Crippen LogP contribution in [0, 0.1) is 5.82 Å². The van der Waals surface area contributed by atoms with Gasteiger partial charge in [0.15, 0.2) is 10.9 Å². The fourth-order valence-corrected chi connectivity index (χ4v) is 2.18. The standard InChI is InChI=1S/C16H12ClFN2O/c17-16-15(21-11-12-6-2-1-3-7-12)10-19-20(16)14-9-5-4-8-13(14)18/h1-10H,11H2. The van der Waals surface area contributed by atoms with Crippen LogP contribution < -0.4 is 4.74 Å². The number of ether oxygens (including phenoxy) is 1. The highest BCUT2D eigenvalue weighted by atomic mass is 35.5. The van der Waals surface area contributed by atoms with Crippen molar-refractivity contribution < 1.29 is 9.13 Å².